The van der Waals surface area contributed by atoms with Crippen molar-refractivity contribution in [3.63, 3.8) is 0 Å². The molecule has 0 aliphatic carbocycles. The lowest BCUT2D eigenvalue weighted by atomic mass is 9.82. The lowest BCUT2D eigenvalue weighted by Gasteiger charge is -2.29. The van der Waals surface area contributed by atoms with E-state index in [2.05, 4.69) is 26.3 Å². The van der Waals surface area contributed by atoms with Crippen LogP contribution in [0.5, 0.6) is 0 Å². The second kappa shape index (κ2) is 9.42. The first-order valence-electron chi connectivity index (χ1n) is 9.78. The minimum absolute atomic E-state index is 0.274. The van der Waals surface area contributed by atoms with Crippen molar-refractivity contribution in [1.82, 2.24) is 20.3 Å². The average molecular weight is 405 g/mol. The van der Waals surface area contributed by atoms with Crippen molar-refractivity contribution in [2.75, 3.05) is 0 Å². The van der Waals surface area contributed by atoms with E-state index in [0.717, 1.165) is 16.7 Å². The number of benzene rings is 1. The van der Waals surface area contributed by atoms with Gasteiger partial charge in [-0.25, -0.2) is 0 Å². The molecule has 1 atom stereocenters. The Bertz CT molecular complexity index is 1150. The van der Waals surface area contributed by atoms with E-state index in [9.17, 15) is 10.1 Å². The largest absolute Gasteiger partial charge is 0.343 e. The van der Waals surface area contributed by atoms with Crippen LogP contribution >= 0.6 is 0 Å². The quantitative estimate of drug-likeness (QED) is 0.523. The normalized spacial score (nSPS) is 11.5. The van der Waals surface area contributed by atoms with Gasteiger partial charge in [0, 0.05) is 36.9 Å². The molecule has 0 aliphatic heterocycles. The van der Waals surface area contributed by atoms with Gasteiger partial charge in [-0.05, 0) is 53.1 Å². The lowest BCUT2D eigenvalue weighted by Crippen LogP contribution is -2.33. The summed E-state index contributed by atoms with van der Waals surface area (Å²) >= 11 is 0. The Morgan fingerprint density at radius 3 is 2.13 bits per heavy atom. The zero-order chi connectivity index (χ0) is 21.5. The van der Waals surface area contributed by atoms with Crippen LogP contribution in [-0.4, -0.2) is 20.9 Å². The van der Waals surface area contributed by atoms with Gasteiger partial charge in [0.25, 0.3) is 5.91 Å². The Kier molecular flexibility index (Phi) is 6.05. The molecule has 1 aromatic carbocycles. The molecule has 1 unspecified atom stereocenters. The van der Waals surface area contributed by atoms with Crippen molar-refractivity contribution < 1.29 is 4.79 Å². The van der Waals surface area contributed by atoms with E-state index in [1.165, 1.54) is 0 Å². The second-order valence-electron chi connectivity index (χ2n) is 6.95. The molecule has 150 valence electrons. The molecule has 3 heterocycles. The van der Waals surface area contributed by atoms with E-state index in [-0.39, 0.29) is 11.8 Å². The minimum Gasteiger partial charge on any atom is -0.343 e. The third kappa shape index (κ3) is 4.62. The molecule has 31 heavy (non-hydrogen) atoms. The number of pyridine rings is 3. The van der Waals surface area contributed by atoms with Gasteiger partial charge in [-0.3, -0.25) is 19.7 Å². The third-order valence-electron chi connectivity index (χ3n) is 4.98. The smallest absolute Gasteiger partial charge is 0.270 e. The third-order valence-corrected chi connectivity index (χ3v) is 4.98. The summed E-state index contributed by atoms with van der Waals surface area (Å²) in [6.07, 6.45) is 8.57. The van der Waals surface area contributed by atoms with Crippen LogP contribution in [0.15, 0.2) is 97.7 Å². The number of aromatic nitrogens is 3. The molecule has 0 bridgehead atoms. The van der Waals surface area contributed by atoms with E-state index < -0.39 is 6.04 Å². The summed E-state index contributed by atoms with van der Waals surface area (Å²) in [7, 11) is 0. The zero-order valence-corrected chi connectivity index (χ0v) is 16.6. The fourth-order valence-corrected chi connectivity index (χ4v) is 3.57. The molecule has 0 aliphatic rings. The Labute approximate surface area is 180 Å². The first-order chi connectivity index (χ1) is 15.3. The van der Waals surface area contributed by atoms with Crippen molar-refractivity contribution >= 4 is 5.91 Å². The molecule has 0 fully saturated rings. The van der Waals surface area contributed by atoms with Crippen molar-refractivity contribution in [2.24, 2.45) is 0 Å². The van der Waals surface area contributed by atoms with Crippen molar-refractivity contribution in [1.29, 1.82) is 5.26 Å². The fraction of sp³-hybridized carbons (Fsp3) is 0.0800. The van der Waals surface area contributed by atoms with Gasteiger partial charge in [0.05, 0.1) is 17.7 Å². The Hall–Kier alpha value is -4.37. The zero-order valence-electron chi connectivity index (χ0n) is 16.6. The van der Waals surface area contributed by atoms with Gasteiger partial charge < -0.3 is 5.32 Å². The van der Waals surface area contributed by atoms with E-state index in [1.807, 2.05) is 36.4 Å². The van der Waals surface area contributed by atoms with Crippen molar-refractivity contribution in [2.45, 2.75) is 12.0 Å². The number of nitriles is 1. The number of carbonyl (C=O) groups excluding carboxylic acids is 1. The van der Waals surface area contributed by atoms with Crippen LogP contribution in [0.1, 0.15) is 44.7 Å². The van der Waals surface area contributed by atoms with E-state index in [4.69, 9.17) is 0 Å². The first kappa shape index (κ1) is 19.9. The SMILES string of the molecule is N#Cc1cccc(C(NC(=O)c2ccccn2)C(c2cccnc2)c2cccnc2)c1. The molecule has 4 rings (SSSR count). The maximum absolute atomic E-state index is 13.1. The van der Waals surface area contributed by atoms with Crippen LogP contribution in [0.4, 0.5) is 0 Å². The summed E-state index contributed by atoms with van der Waals surface area (Å²) in [5.74, 6) is -0.574. The van der Waals surface area contributed by atoms with Crippen LogP contribution in [0, 0.1) is 11.3 Å². The highest BCUT2D eigenvalue weighted by atomic mass is 16.1. The van der Waals surface area contributed by atoms with Gasteiger partial charge in [0.2, 0.25) is 0 Å². The number of nitrogens with one attached hydrogen (secondary N) is 1. The van der Waals surface area contributed by atoms with Gasteiger partial charge in [0.1, 0.15) is 5.69 Å². The molecule has 0 saturated carbocycles. The number of nitrogens with zero attached hydrogens (tertiary/aromatic N) is 4. The molecular formula is C25H19N5O. The van der Waals surface area contributed by atoms with Crippen LogP contribution in [0.3, 0.4) is 0 Å². The maximum Gasteiger partial charge on any atom is 0.270 e. The molecule has 3 aromatic heterocycles. The number of amides is 1. The minimum atomic E-state index is -0.476. The molecule has 6 heteroatoms. The summed E-state index contributed by atoms with van der Waals surface area (Å²) in [6.45, 7) is 0. The highest BCUT2D eigenvalue weighted by Crippen LogP contribution is 2.36. The molecule has 1 amide bonds. The Morgan fingerprint density at radius 1 is 0.839 bits per heavy atom. The van der Waals surface area contributed by atoms with Crippen molar-refractivity contribution in [3.8, 4) is 6.07 Å². The highest BCUT2D eigenvalue weighted by molar-refractivity contribution is 5.92. The van der Waals surface area contributed by atoms with E-state index in [0.29, 0.717) is 11.3 Å². The van der Waals surface area contributed by atoms with Crippen molar-refractivity contribution in [3.05, 3.63) is 126 Å². The van der Waals surface area contributed by atoms with Crippen LogP contribution in [-0.2, 0) is 0 Å². The number of hydrogen-bond donors (Lipinski definition) is 1. The van der Waals surface area contributed by atoms with Gasteiger partial charge >= 0.3 is 0 Å². The highest BCUT2D eigenvalue weighted by Gasteiger charge is 2.29. The van der Waals surface area contributed by atoms with Gasteiger partial charge in [-0.2, -0.15) is 5.26 Å². The lowest BCUT2D eigenvalue weighted by molar-refractivity contribution is 0.0928. The monoisotopic (exact) mass is 405 g/mol. The maximum atomic E-state index is 13.1. The molecule has 6 nitrogen and oxygen atoms in total. The van der Waals surface area contributed by atoms with E-state index in [1.54, 1.807) is 61.3 Å². The van der Waals surface area contributed by atoms with Crippen LogP contribution in [0.25, 0.3) is 0 Å². The molecule has 0 saturated heterocycles. The predicted octanol–water partition coefficient (Wildman–Crippen LogP) is 4.05. The first-order valence-corrected chi connectivity index (χ1v) is 9.78. The van der Waals surface area contributed by atoms with Gasteiger partial charge in [-0.1, -0.05) is 30.3 Å². The summed E-state index contributed by atoms with van der Waals surface area (Å²) in [4.78, 5) is 25.8. The topological polar surface area (TPSA) is 91.6 Å². The van der Waals surface area contributed by atoms with Crippen LogP contribution in [0.2, 0.25) is 0 Å². The summed E-state index contributed by atoms with van der Waals surface area (Å²) in [5, 5.41) is 12.5. The van der Waals surface area contributed by atoms with Gasteiger partial charge in [-0.15, -0.1) is 0 Å². The number of carbonyl (C=O) groups is 1. The molecule has 0 spiro atoms. The number of hydrogen-bond acceptors (Lipinski definition) is 5. The fourth-order valence-electron chi connectivity index (χ4n) is 3.57. The standard InChI is InChI=1S/C25H19N5O/c26-15-18-6-3-7-19(14-18)24(30-25(31)22-10-1-2-13-29-22)23(20-8-4-11-27-16-20)21-9-5-12-28-17-21/h1-14,16-17,23-24H,(H,30,31). The summed E-state index contributed by atoms with van der Waals surface area (Å²) in [6, 6.07) is 21.8. The number of rotatable bonds is 6. The molecule has 4 aromatic rings. The average Bonchev–Trinajstić information content (AvgIpc) is 2.85. The van der Waals surface area contributed by atoms with Crippen LogP contribution < -0.4 is 5.32 Å². The molecular weight excluding hydrogens is 386 g/mol. The second-order valence-corrected chi connectivity index (χ2v) is 6.95. The summed E-state index contributed by atoms with van der Waals surface area (Å²) < 4.78 is 0. The molecule has 1 N–H and O–H groups in total. The predicted molar refractivity (Wildman–Crippen MR) is 116 cm³/mol. The van der Waals surface area contributed by atoms with Gasteiger partial charge in [0.15, 0.2) is 0 Å². The summed E-state index contributed by atoms with van der Waals surface area (Å²) in [5.41, 5.74) is 3.49. The Balaban J connectivity index is 1.84. The van der Waals surface area contributed by atoms with E-state index >= 15 is 0 Å². The Morgan fingerprint density at radius 2 is 1.55 bits per heavy atom. The molecule has 0 radical (unpaired) electrons.